The number of benzene rings is 1. The van der Waals surface area contributed by atoms with E-state index in [4.69, 9.17) is 5.73 Å². The lowest BCUT2D eigenvalue weighted by Crippen LogP contribution is -2.16. The van der Waals surface area contributed by atoms with E-state index in [2.05, 4.69) is 0 Å². The molecule has 1 aliphatic rings. The Morgan fingerprint density at radius 1 is 1.41 bits per heavy atom. The molecule has 0 aromatic heterocycles. The Kier molecular flexibility index (Phi) is 4.46. The summed E-state index contributed by atoms with van der Waals surface area (Å²) < 4.78 is 13.6. The zero-order valence-corrected chi connectivity index (χ0v) is 11.1. The third-order valence-electron chi connectivity index (χ3n) is 3.36. The maximum Gasteiger partial charge on any atom is 0.128 e. The summed E-state index contributed by atoms with van der Waals surface area (Å²) in [6.07, 6.45) is 5.28. The molecular formula is C14H20FNS. The van der Waals surface area contributed by atoms with Crippen LogP contribution < -0.4 is 5.73 Å². The van der Waals surface area contributed by atoms with E-state index in [1.807, 2.05) is 24.8 Å². The SMILES string of the molecule is Cc1ccc(F)c(C(N)CSC2CCCC2)c1. The molecule has 0 bridgehead atoms. The maximum absolute atomic E-state index is 13.6. The first-order valence-corrected chi connectivity index (χ1v) is 7.35. The molecule has 1 aromatic rings. The van der Waals surface area contributed by atoms with Crippen molar-refractivity contribution in [1.82, 2.24) is 0 Å². The number of halogens is 1. The van der Waals surface area contributed by atoms with Crippen molar-refractivity contribution in [2.24, 2.45) is 5.73 Å². The molecule has 3 heteroatoms. The van der Waals surface area contributed by atoms with Crippen LogP contribution in [0.3, 0.4) is 0 Å². The molecule has 1 fully saturated rings. The van der Waals surface area contributed by atoms with Gasteiger partial charge in [0.25, 0.3) is 0 Å². The zero-order valence-electron chi connectivity index (χ0n) is 10.3. The van der Waals surface area contributed by atoms with Crippen molar-refractivity contribution < 1.29 is 4.39 Å². The predicted octanol–water partition coefficient (Wildman–Crippen LogP) is 3.81. The molecule has 1 aliphatic carbocycles. The molecule has 0 heterocycles. The Morgan fingerprint density at radius 3 is 2.82 bits per heavy atom. The van der Waals surface area contributed by atoms with Gasteiger partial charge in [-0.15, -0.1) is 0 Å². The van der Waals surface area contributed by atoms with Gasteiger partial charge >= 0.3 is 0 Å². The average molecular weight is 253 g/mol. The lowest BCUT2D eigenvalue weighted by molar-refractivity contribution is 0.594. The van der Waals surface area contributed by atoms with Crippen molar-refractivity contribution in [3.05, 3.63) is 35.1 Å². The third-order valence-corrected chi connectivity index (χ3v) is 4.86. The van der Waals surface area contributed by atoms with Crippen LogP contribution in [0.2, 0.25) is 0 Å². The number of hydrogen-bond acceptors (Lipinski definition) is 2. The summed E-state index contributed by atoms with van der Waals surface area (Å²) in [7, 11) is 0. The highest BCUT2D eigenvalue weighted by atomic mass is 32.2. The molecule has 94 valence electrons. The molecule has 2 rings (SSSR count). The Labute approximate surface area is 107 Å². The van der Waals surface area contributed by atoms with E-state index in [-0.39, 0.29) is 11.9 Å². The highest BCUT2D eigenvalue weighted by molar-refractivity contribution is 7.99. The van der Waals surface area contributed by atoms with Gasteiger partial charge in [0, 0.05) is 22.6 Å². The molecule has 0 spiro atoms. The van der Waals surface area contributed by atoms with Crippen molar-refractivity contribution in [3.63, 3.8) is 0 Å². The number of thioether (sulfide) groups is 1. The summed E-state index contributed by atoms with van der Waals surface area (Å²) in [6.45, 7) is 1.97. The van der Waals surface area contributed by atoms with E-state index in [0.29, 0.717) is 5.56 Å². The Hall–Kier alpha value is -0.540. The van der Waals surface area contributed by atoms with Crippen LogP contribution in [0.25, 0.3) is 0 Å². The normalized spacial score (nSPS) is 18.5. The second-order valence-electron chi connectivity index (χ2n) is 4.87. The summed E-state index contributed by atoms with van der Waals surface area (Å²) >= 11 is 1.91. The number of nitrogens with two attached hydrogens (primary N) is 1. The standard InChI is InChI=1S/C14H20FNS/c1-10-6-7-13(15)12(8-10)14(16)9-17-11-4-2-3-5-11/h6-8,11,14H,2-5,9,16H2,1H3. The van der Waals surface area contributed by atoms with Crippen molar-refractivity contribution in [3.8, 4) is 0 Å². The van der Waals surface area contributed by atoms with E-state index < -0.39 is 0 Å². The van der Waals surface area contributed by atoms with E-state index in [1.54, 1.807) is 6.07 Å². The van der Waals surface area contributed by atoms with Gasteiger partial charge < -0.3 is 5.73 Å². The third kappa shape index (κ3) is 3.46. The van der Waals surface area contributed by atoms with Crippen LogP contribution in [-0.2, 0) is 0 Å². The van der Waals surface area contributed by atoms with Crippen molar-refractivity contribution in [2.75, 3.05) is 5.75 Å². The Bertz CT molecular complexity index is 374. The molecule has 1 aromatic carbocycles. The van der Waals surface area contributed by atoms with Gasteiger partial charge in [-0.3, -0.25) is 0 Å². The van der Waals surface area contributed by atoms with Gasteiger partial charge in [-0.2, -0.15) is 11.8 Å². The van der Waals surface area contributed by atoms with Crippen LogP contribution in [0.15, 0.2) is 18.2 Å². The molecule has 17 heavy (non-hydrogen) atoms. The van der Waals surface area contributed by atoms with E-state index in [9.17, 15) is 4.39 Å². The molecule has 1 atom stereocenters. The molecule has 1 unspecified atom stereocenters. The van der Waals surface area contributed by atoms with Crippen LogP contribution in [0.5, 0.6) is 0 Å². The van der Waals surface area contributed by atoms with E-state index in [1.165, 1.54) is 31.7 Å². The minimum absolute atomic E-state index is 0.171. The summed E-state index contributed by atoms with van der Waals surface area (Å²) in [4.78, 5) is 0. The van der Waals surface area contributed by atoms with Gasteiger partial charge in [0.15, 0.2) is 0 Å². The lowest BCUT2D eigenvalue weighted by Gasteiger charge is -2.16. The predicted molar refractivity (Wildman–Crippen MR) is 72.8 cm³/mol. The monoisotopic (exact) mass is 253 g/mol. The topological polar surface area (TPSA) is 26.0 Å². The first kappa shape index (κ1) is 12.9. The second-order valence-corrected chi connectivity index (χ2v) is 6.20. The lowest BCUT2D eigenvalue weighted by atomic mass is 10.1. The fraction of sp³-hybridized carbons (Fsp3) is 0.571. The molecule has 0 saturated heterocycles. The Morgan fingerprint density at radius 2 is 2.12 bits per heavy atom. The minimum Gasteiger partial charge on any atom is -0.323 e. The van der Waals surface area contributed by atoms with Crippen LogP contribution in [0.4, 0.5) is 4.39 Å². The molecule has 2 N–H and O–H groups in total. The molecule has 0 radical (unpaired) electrons. The van der Waals surface area contributed by atoms with Gasteiger partial charge in [-0.25, -0.2) is 4.39 Å². The van der Waals surface area contributed by atoms with Crippen LogP contribution >= 0.6 is 11.8 Å². The van der Waals surface area contributed by atoms with Gasteiger partial charge in [0.1, 0.15) is 5.82 Å². The number of aryl methyl sites for hydroxylation is 1. The second kappa shape index (κ2) is 5.87. The smallest absolute Gasteiger partial charge is 0.128 e. The largest absolute Gasteiger partial charge is 0.323 e. The quantitative estimate of drug-likeness (QED) is 0.883. The van der Waals surface area contributed by atoms with E-state index >= 15 is 0 Å². The summed E-state index contributed by atoms with van der Waals surface area (Å²) in [5.41, 5.74) is 7.82. The van der Waals surface area contributed by atoms with Crippen LogP contribution in [0, 0.1) is 12.7 Å². The van der Waals surface area contributed by atoms with Crippen LogP contribution in [-0.4, -0.2) is 11.0 Å². The molecule has 0 amide bonds. The van der Waals surface area contributed by atoms with Crippen LogP contribution in [0.1, 0.15) is 42.9 Å². The summed E-state index contributed by atoms with van der Waals surface area (Å²) in [5, 5.41) is 0.744. The Balaban J connectivity index is 1.93. The fourth-order valence-electron chi connectivity index (χ4n) is 2.33. The molecule has 0 aliphatic heterocycles. The van der Waals surface area contributed by atoms with Gasteiger partial charge in [0.2, 0.25) is 0 Å². The van der Waals surface area contributed by atoms with Gasteiger partial charge in [-0.1, -0.05) is 30.5 Å². The average Bonchev–Trinajstić information content (AvgIpc) is 2.82. The van der Waals surface area contributed by atoms with Gasteiger partial charge in [0.05, 0.1) is 0 Å². The number of rotatable bonds is 4. The fourth-order valence-corrected chi connectivity index (χ4v) is 3.66. The van der Waals surface area contributed by atoms with Crippen molar-refractivity contribution in [2.45, 2.75) is 43.9 Å². The number of hydrogen-bond donors (Lipinski definition) is 1. The van der Waals surface area contributed by atoms with Crippen molar-refractivity contribution >= 4 is 11.8 Å². The maximum atomic E-state index is 13.6. The molecule has 1 nitrogen and oxygen atoms in total. The zero-order chi connectivity index (χ0) is 12.3. The van der Waals surface area contributed by atoms with Gasteiger partial charge in [-0.05, 0) is 25.8 Å². The first-order chi connectivity index (χ1) is 8.16. The summed E-state index contributed by atoms with van der Waals surface area (Å²) in [5.74, 6) is 0.653. The molecule has 1 saturated carbocycles. The van der Waals surface area contributed by atoms with E-state index in [0.717, 1.165) is 16.6 Å². The molecular weight excluding hydrogens is 233 g/mol. The first-order valence-electron chi connectivity index (χ1n) is 6.30. The summed E-state index contributed by atoms with van der Waals surface area (Å²) in [6, 6.07) is 5.00. The minimum atomic E-state index is -0.180. The van der Waals surface area contributed by atoms with Crippen molar-refractivity contribution in [1.29, 1.82) is 0 Å². The highest BCUT2D eigenvalue weighted by Crippen LogP contribution is 2.31. The highest BCUT2D eigenvalue weighted by Gasteiger charge is 2.18.